The molecular weight excluding hydrogens is 829 g/mol. The Kier molecular flexibility index (Phi) is 50.6. The molecule has 0 aliphatic carbocycles. The van der Waals surface area contributed by atoms with Crippen LogP contribution >= 0.6 is 0 Å². The number of ether oxygens (including phenoxy) is 3. The van der Waals surface area contributed by atoms with Gasteiger partial charge in [-0.25, -0.2) is 0 Å². The van der Waals surface area contributed by atoms with Gasteiger partial charge in [0, 0.05) is 19.3 Å². The zero-order valence-corrected chi connectivity index (χ0v) is 42.9. The summed E-state index contributed by atoms with van der Waals surface area (Å²) < 4.78 is 16.7. The normalized spacial score (nSPS) is 13.2. The Bertz CT molecular complexity index is 1480. The fraction of sp³-hybridized carbons (Fsp3) is 0.590. The van der Waals surface area contributed by atoms with Gasteiger partial charge in [-0.15, -0.1) is 0 Å². The third-order valence-corrected chi connectivity index (χ3v) is 10.6. The molecule has 67 heavy (non-hydrogen) atoms. The van der Waals surface area contributed by atoms with E-state index in [1.807, 2.05) is 6.08 Å². The van der Waals surface area contributed by atoms with E-state index in [4.69, 9.17) is 14.2 Å². The molecule has 0 aliphatic rings. The van der Waals surface area contributed by atoms with Gasteiger partial charge < -0.3 is 14.2 Å². The van der Waals surface area contributed by atoms with E-state index in [-0.39, 0.29) is 38.0 Å². The van der Waals surface area contributed by atoms with Crippen molar-refractivity contribution in [2.24, 2.45) is 0 Å². The van der Waals surface area contributed by atoms with Crippen molar-refractivity contribution >= 4 is 17.9 Å². The molecule has 0 bridgehead atoms. The van der Waals surface area contributed by atoms with Crippen molar-refractivity contribution in [2.45, 2.75) is 219 Å². The number of carbonyl (C=O) groups excluding carboxylic acids is 3. The Balaban J connectivity index is 4.61. The molecule has 6 nitrogen and oxygen atoms in total. The molecular formula is C61H96O6. The van der Waals surface area contributed by atoms with Gasteiger partial charge in [-0.3, -0.25) is 14.4 Å². The molecule has 0 amide bonds. The minimum Gasteiger partial charge on any atom is -0.462 e. The van der Waals surface area contributed by atoms with Gasteiger partial charge in [-0.2, -0.15) is 0 Å². The number of rotatable bonds is 46. The Morgan fingerprint density at radius 2 is 0.627 bits per heavy atom. The van der Waals surface area contributed by atoms with Crippen LogP contribution in [-0.4, -0.2) is 37.2 Å². The molecule has 0 saturated carbocycles. The number of allylic oxidation sites excluding steroid dienone is 22. The molecule has 0 aromatic rings. The maximum absolute atomic E-state index is 12.8. The molecule has 1 unspecified atom stereocenters. The first-order valence-corrected chi connectivity index (χ1v) is 26.7. The highest BCUT2D eigenvalue weighted by Crippen LogP contribution is 2.10. The maximum atomic E-state index is 12.8. The Labute approximate surface area is 411 Å². The number of esters is 3. The first-order valence-electron chi connectivity index (χ1n) is 26.7. The molecule has 0 heterocycles. The summed E-state index contributed by atoms with van der Waals surface area (Å²) in [5, 5.41) is 0. The van der Waals surface area contributed by atoms with Gasteiger partial charge in [0.25, 0.3) is 0 Å². The predicted molar refractivity (Wildman–Crippen MR) is 288 cm³/mol. The summed E-state index contributed by atoms with van der Waals surface area (Å²) in [6, 6.07) is 0. The van der Waals surface area contributed by atoms with Gasteiger partial charge in [0.1, 0.15) is 13.2 Å². The number of hydrogen-bond donors (Lipinski definition) is 0. The zero-order chi connectivity index (χ0) is 48.6. The second kappa shape index (κ2) is 54.2. The second-order valence-corrected chi connectivity index (χ2v) is 17.0. The highest BCUT2D eigenvalue weighted by atomic mass is 16.6. The SMILES string of the molecule is CC/C=C\C/C=C\C/C=C\C/C=C\C/C=C\CCCCCC(=O)OCC(COC(=O)CC/C=C\C/C=C\CCCCCCCC)OC(=O)CCC/C=C\C/C=C\C/C=C\C/C=C\CCCCC. The smallest absolute Gasteiger partial charge is 0.306 e. The van der Waals surface area contributed by atoms with Gasteiger partial charge >= 0.3 is 17.9 Å². The molecule has 0 rings (SSSR count). The van der Waals surface area contributed by atoms with Crippen LogP contribution in [-0.2, 0) is 28.6 Å². The van der Waals surface area contributed by atoms with Gasteiger partial charge in [-0.05, 0) is 122 Å². The van der Waals surface area contributed by atoms with E-state index in [0.717, 1.165) is 96.3 Å². The molecule has 0 aromatic heterocycles. The Morgan fingerprint density at radius 1 is 0.313 bits per heavy atom. The summed E-state index contributed by atoms with van der Waals surface area (Å²) in [6.07, 6.45) is 76.0. The third-order valence-electron chi connectivity index (χ3n) is 10.6. The van der Waals surface area contributed by atoms with Crippen LogP contribution in [0.5, 0.6) is 0 Å². The molecule has 6 heteroatoms. The first-order chi connectivity index (χ1) is 33.0. The summed E-state index contributed by atoms with van der Waals surface area (Å²) in [5.74, 6) is -1.10. The number of unbranched alkanes of at least 4 members (excludes halogenated alkanes) is 13. The molecule has 376 valence electrons. The predicted octanol–water partition coefficient (Wildman–Crippen LogP) is 17.9. The van der Waals surface area contributed by atoms with E-state index < -0.39 is 12.1 Å². The summed E-state index contributed by atoms with van der Waals surface area (Å²) in [6.45, 7) is 6.34. The van der Waals surface area contributed by atoms with E-state index in [0.29, 0.717) is 19.3 Å². The van der Waals surface area contributed by atoms with E-state index in [2.05, 4.69) is 148 Å². The lowest BCUT2D eigenvalue weighted by atomic mass is 10.1. The van der Waals surface area contributed by atoms with Crippen molar-refractivity contribution in [3.8, 4) is 0 Å². The Hall–Kier alpha value is -4.45. The number of carbonyl (C=O) groups is 3. The fourth-order valence-corrected chi connectivity index (χ4v) is 6.63. The van der Waals surface area contributed by atoms with Crippen molar-refractivity contribution < 1.29 is 28.6 Å². The fourth-order valence-electron chi connectivity index (χ4n) is 6.63. The van der Waals surface area contributed by atoms with Crippen LogP contribution < -0.4 is 0 Å². The van der Waals surface area contributed by atoms with Crippen LogP contribution in [0.1, 0.15) is 213 Å². The van der Waals surface area contributed by atoms with Crippen LogP contribution in [0.4, 0.5) is 0 Å². The number of hydrogen-bond acceptors (Lipinski definition) is 6. The van der Waals surface area contributed by atoms with E-state index in [1.54, 1.807) is 0 Å². The van der Waals surface area contributed by atoms with Crippen LogP contribution in [0.15, 0.2) is 134 Å². The minimum absolute atomic E-state index is 0.139. The van der Waals surface area contributed by atoms with E-state index in [1.165, 1.54) is 64.2 Å². The molecule has 0 fully saturated rings. The average Bonchev–Trinajstić information content (AvgIpc) is 3.33. The average molecular weight is 925 g/mol. The van der Waals surface area contributed by atoms with Crippen LogP contribution in [0.25, 0.3) is 0 Å². The summed E-state index contributed by atoms with van der Waals surface area (Å²) in [5.41, 5.74) is 0. The molecule has 1 atom stereocenters. The zero-order valence-electron chi connectivity index (χ0n) is 42.9. The maximum Gasteiger partial charge on any atom is 0.306 e. The molecule has 0 saturated heterocycles. The lowest BCUT2D eigenvalue weighted by molar-refractivity contribution is -0.166. The largest absolute Gasteiger partial charge is 0.462 e. The van der Waals surface area contributed by atoms with Crippen LogP contribution in [0.2, 0.25) is 0 Å². The van der Waals surface area contributed by atoms with Crippen molar-refractivity contribution in [3.05, 3.63) is 134 Å². The molecule has 0 aromatic carbocycles. The van der Waals surface area contributed by atoms with Gasteiger partial charge in [-0.1, -0.05) is 206 Å². The van der Waals surface area contributed by atoms with Crippen molar-refractivity contribution in [3.63, 3.8) is 0 Å². The summed E-state index contributed by atoms with van der Waals surface area (Å²) in [7, 11) is 0. The quantitative estimate of drug-likeness (QED) is 0.0262. The van der Waals surface area contributed by atoms with Crippen LogP contribution in [0, 0.1) is 0 Å². The van der Waals surface area contributed by atoms with E-state index in [9.17, 15) is 14.4 Å². The summed E-state index contributed by atoms with van der Waals surface area (Å²) >= 11 is 0. The molecule has 0 aliphatic heterocycles. The van der Waals surface area contributed by atoms with Gasteiger partial charge in [0.05, 0.1) is 0 Å². The topological polar surface area (TPSA) is 78.9 Å². The standard InChI is InChI=1S/C61H96O6/c1-4-7-10-13-16-19-22-25-27-29-30-32-33-36-39-42-45-48-51-54-60(63)66-57-58(56-65-59(62)53-50-47-44-41-38-35-24-21-18-15-12-9-6-3)67-61(64)55-52-49-46-43-40-37-34-31-28-26-23-20-17-14-11-8-5-2/h7,10,16-17,19-20,25-28,30,32,34-39,43-44,46-47,58H,4-6,8-9,11-15,18,21-24,29,31,33,40-42,45,48-57H2,1-3H3/b10-7-,19-16-,20-17-,27-25-,28-26-,32-30-,37-34-,38-35-,39-36-,46-43-,47-44-. The van der Waals surface area contributed by atoms with Crippen LogP contribution in [0.3, 0.4) is 0 Å². The Morgan fingerprint density at radius 3 is 1.07 bits per heavy atom. The second-order valence-electron chi connectivity index (χ2n) is 17.0. The first kappa shape index (κ1) is 62.5. The lowest BCUT2D eigenvalue weighted by Gasteiger charge is -2.18. The lowest BCUT2D eigenvalue weighted by Crippen LogP contribution is -2.30. The van der Waals surface area contributed by atoms with Crippen molar-refractivity contribution in [2.75, 3.05) is 13.2 Å². The molecule has 0 radical (unpaired) electrons. The molecule has 0 spiro atoms. The third kappa shape index (κ3) is 52.4. The van der Waals surface area contributed by atoms with Crippen molar-refractivity contribution in [1.82, 2.24) is 0 Å². The van der Waals surface area contributed by atoms with E-state index >= 15 is 0 Å². The highest BCUT2D eigenvalue weighted by Gasteiger charge is 2.19. The minimum atomic E-state index is -0.848. The highest BCUT2D eigenvalue weighted by molar-refractivity contribution is 5.71. The molecule has 0 N–H and O–H groups in total. The summed E-state index contributed by atoms with van der Waals surface area (Å²) in [4.78, 5) is 38.0. The monoisotopic (exact) mass is 925 g/mol. The van der Waals surface area contributed by atoms with Gasteiger partial charge in [0.15, 0.2) is 6.10 Å². The van der Waals surface area contributed by atoms with Crippen molar-refractivity contribution in [1.29, 1.82) is 0 Å². The van der Waals surface area contributed by atoms with Gasteiger partial charge in [0.2, 0.25) is 0 Å².